The van der Waals surface area contributed by atoms with Crippen molar-refractivity contribution in [2.75, 3.05) is 18.5 Å². The van der Waals surface area contributed by atoms with Gasteiger partial charge in [0.2, 0.25) is 0 Å². The molecule has 0 radical (unpaired) electrons. The minimum Gasteiger partial charge on any atom is -0.374 e. The molecule has 1 aromatic carbocycles. The molecule has 3 heteroatoms. The van der Waals surface area contributed by atoms with E-state index in [0.717, 1.165) is 24.2 Å². The molecule has 114 valence electrons. The van der Waals surface area contributed by atoms with Crippen LogP contribution in [0.1, 0.15) is 46.6 Å². The van der Waals surface area contributed by atoms with Gasteiger partial charge in [-0.25, -0.2) is 4.39 Å². The molecule has 0 saturated heterocycles. The van der Waals surface area contributed by atoms with Crippen LogP contribution in [-0.2, 0) is 6.54 Å². The Morgan fingerprint density at radius 2 is 1.90 bits per heavy atom. The SMILES string of the molecule is CC(C)CCN(C)c1cccc(F)c1CNC(C)(C)C. The van der Waals surface area contributed by atoms with Crippen LogP contribution in [-0.4, -0.2) is 19.1 Å². The lowest BCUT2D eigenvalue weighted by Crippen LogP contribution is -2.36. The van der Waals surface area contributed by atoms with Crippen LogP contribution >= 0.6 is 0 Å². The van der Waals surface area contributed by atoms with Crippen LogP contribution in [0.4, 0.5) is 10.1 Å². The predicted octanol–water partition coefficient (Wildman–Crippen LogP) is 4.20. The number of halogens is 1. The van der Waals surface area contributed by atoms with Crippen molar-refractivity contribution in [3.05, 3.63) is 29.6 Å². The molecule has 0 aromatic heterocycles. The van der Waals surface area contributed by atoms with Crippen LogP contribution in [0.5, 0.6) is 0 Å². The van der Waals surface area contributed by atoms with Gasteiger partial charge in [-0.15, -0.1) is 0 Å². The number of hydrogen-bond donors (Lipinski definition) is 1. The number of rotatable bonds is 6. The molecule has 0 saturated carbocycles. The second-order valence-electron chi connectivity index (χ2n) is 6.95. The summed E-state index contributed by atoms with van der Waals surface area (Å²) in [5.41, 5.74) is 1.73. The summed E-state index contributed by atoms with van der Waals surface area (Å²) in [5.74, 6) is 0.526. The summed E-state index contributed by atoms with van der Waals surface area (Å²) in [4.78, 5) is 2.16. The van der Waals surface area contributed by atoms with Crippen molar-refractivity contribution in [3.63, 3.8) is 0 Å². The first-order valence-corrected chi connectivity index (χ1v) is 7.44. The maximum atomic E-state index is 14.1. The number of nitrogens with zero attached hydrogens (tertiary/aromatic N) is 1. The monoisotopic (exact) mass is 280 g/mol. The van der Waals surface area contributed by atoms with Gasteiger partial charge in [-0.05, 0) is 45.2 Å². The molecule has 0 aliphatic rings. The van der Waals surface area contributed by atoms with Crippen molar-refractivity contribution in [3.8, 4) is 0 Å². The summed E-state index contributed by atoms with van der Waals surface area (Å²) in [5, 5.41) is 3.37. The summed E-state index contributed by atoms with van der Waals surface area (Å²) in [6.45, 7) is 12.2. The number of nitrogens with one attached hydrogen (secondary N) is 1. The molecule has 0 atom stereocenters. The van der Waals surface area contributed by atoms with Crippen LogP contribution in [0.15, 0.2) is 18.2 Å². The fourth-order valence-electron chi connectivity index (χ4n) is 2.01. The summed E-state index contributed by atoms with van der Waals surface area (Å²) < 4.78 is 14.1. The van der Waals surface area contributed by atoms with E-state index in [9.17, 15) is 4.39 Å². The third-order valence-corrected chi connectivity index (χ3v) is 3.34. The highest BCUT2D eigenvalue weighted by molar-refractivity contribution is 5.53. The Morgan fingerprint density at radius 3 is 2.45 bits per heavy atom. The Kier molecular flexibility index (Phi) is 6.00. The molecule has 0 heterocycles. The summed E-state index contributed by atoms with van der Waals surface area (Å²) in [6.07, 6.45) is 1.11. The van der Waals surface area contributed by atoms with E-state index >= 15 is 0 Å². The maximum Gasteiger partial charge on any atom is 0.129 e. The Morgan fingerprint density at radius 1 is 1.25 bits per heavy atom. The fourth-order valence-corrected chi connectivity index (χ4v) is 2.01. The Labute approximate surface area is 123 Å². The highest BCUT2D eigenvalue weighted by Gasteiger charge is 2.15. The lowest BCUT2D eigenvalue weighted by molar-refractivity contribution is 0.418. The molecule has 1 rings (SSSR count). The van der Waals surface area contributed by atoms with Crippen LogP contribution < -0.4 is 10.2 Å². The highest BCUT2D eigenvalue weighted by Crippen LogP contribution is 2.23. The Hall–Kier alpha value is -1.09. The molecule has 0 unspecified atom stereocenters. The summed E-state index contributed by atoms with van der Waals surface area (Å²) in [6, 6.07) is 5.33. The standard InChI is InChI=1S/C17H29FN2/c1-13(2)10-11-20(6)16-9-7-8-15(18)14(16)12-19-17(3,4)5/h7-9,13,19H,10-12H2,1-6H3. The van der Waals surface area contributed by atoms with E-state index in [4.69, 9.17) is 0 Å². The normalized spacial score (nSPS) is 12.0. The van der Waals surface area contributed by atoms with E-state index in [1.165, 1.54) is 0 Å². The van der Waals surface area contributed by atoms with Gasteiger partial charge < -0.3 is 10.2 Å². The average molecular weight is 280 g/mol. The van der Waals surface area contributed by atoms with Crippen molar-refractivity contribution < 1.29 is 4.39 Å². The molecular formula is C17H29FN2. The molecule has 20 heavy (non-hydrogen) atoms. The zero-order valence-electron chi connectivity index (χ0n) is 13.8. The highest BCUT2D eigenvalue weighted by atomic mass is 19.1. The van der Waals surface area contributed by atoms with Gasteiger partial charge in [-0.3, -0.25) is 0 Å². The van der Waals surface area contributed by atoms with Crippen molar-refractivity contribution in [1.29, 1.82) is 0 Å². The molecule has 2 nitrogen and oxygen atoms in total. The van der Waals surface area contributed by atoms with E-state index < -0.39 is 0 Å². The zero-order chi connectivity index (χ0) is 15.3. The fraction of sp³-hybridized carbons (Fsp3) is 0.647. The van der Waals surface area contributed by atoms with Crippen LogP contribution in [0, 0.1) is 11.7 Å². The summed E-state index contributed by atoms with van der Waals surface area (Å²) in [7, 11) is 2.04. The minimum absolute atomic E-state index is 0.0178. The van der Waals surface area contributed by atoms with Crippen molar-refractivity contribution in [1.82, 2.24) is 5.32 Å². The van der Waals surface area contributed by atoms with Crippen molar-refractivity contribution in [2.45, 2.75) is 53.1 Å². The van der Waals surface area contributed by atoms with E-state index in [-0.39, 0.29) is 11.4 Å². The smallest absolute Gasteiger partial charge is 0.129 e. The number of benzene rings is 1. The number of anilines is 1. The second kappa shape index (κ2) is 7.07. The average Bonchev–Trinajstić information content (AvgIpc) is 2.33. The molecule has 0 aliphatic heterocycles. The van der Waals surface area contributed by atoms with E-state index in [2.05, 4.69) is 44.8 Å². The lowest BCUT2D eigenvalue weighted by atomic mass is 10.1. The maximum absolute atomic E-state index is 14.1. The van der Waals surface area contributed by atoms with Crippen molar-refractivity contribution >= 4 is 5.69 Å². The lowest BCUT2D eigenvalue weighted by Gasteiger charge is -2.26. The molecule has 0 bridgehead atoms. The van der Waals surface area contributed by atoms with Crippen LogP contribution in [0.3, 0.4) is 0 Å². The van der Waals surface area contributed by atoms with Gasteiger partial charge in [0.15, 0.2) is 0 Å². The van der Waals surface area contributed by atoms with Gasteiger partial charge in [0.1, 0.15) is 5.82 Å². The molecule has 0 amide bonds. The van der Waals surface area contributed by atoms with Crippen LogP contribution in [0.25, 0.3) is 0 Å². The Balaban J connectivity index is 2.87. The van der Waals surface area contributed by atoms with E-state index in [1.807, 2.05) is 13.1 Å². The van der Waals surface area contributed by atoms with Crippen molar-refractivity contribution in [2.24, 2.45) is 5.92 Å². The molecule has 1 aromatic rings. The van der Waals surface area contributed by atoms with Crippen LogP contribution in [0.2, 0.25) is 0 Å². The predicted molar refractivity (Wildman–Crippen MR) is 85.7 cm³/mol. The molecule has 0 aliphatic carbocycles. The van der Waals surface area contributed by atoms with Gasteiger partial charge in [0, 0.05) is 36.9 Å². The zero-order valence-corrected chi connectivity index (χ0v) is 13.8. The van der Waals surface area contributed by atoms with Gasteiger partial charge in [0.25, 0.3) is 0 Å². The molecule has 0 spiro atoms. The van der Waals surface area contributed by atoms with Gasteiger partial charge in [-0.1, -0.05) is 19.9 Å². The van der Waals surface area contributed by atoms with Gasteiger partial charge in [0.05, 0.1) is 0 Å². The Bertz CT molecular complexity index is 421. The minimum atomic E-state index is -0.129. The number of hydrogen-bond acceptors (Lipinski definition) is 2. The molecule has 1 N–H and O–H groups in total. The third-order valence-electron chi connectivity index (χ3n) is 3.34. The molecule has 0 fully saturated rings. The summed E-state index contributed by atoms with van der Waals surface area (Å²) >= 11 is 0. The quantitative estimate of drug-likeness (QED) is 0.840. The van der Waals surface area contributed by atoms with E-state index in [1.54, 1.807) is 12.1 Å². The first kappa shape index (κ1) is 17.0. The first-order valence-electron chi connectivity index (χ1n) is 7.44. The van der Waals surface area contributed by atoms with Gasteiger partial charge in [-0.2, -0.15) is 0 Å². The topological polar surface area (TPSA) is 15.3 Å². The van der Waals surface area contributed by atoms with Gasteiger partial charge >= 0.3 is 0 Å². The van der Waals surface area contributed by atoms with E-state index in [0.29, 0.717) is 12.5 Å². The second-order valence-corrected chi connectivity index (χ2v) is 6.95. The third kappa shape index (κ3) is 5.49. The first-order chi connectivity index (χ1) is 9.20. The largest absolute Gasteiger partial charge is 0.374 e. The molecular weight excluding hydrogens is 251 g/mol.